The second-order valence-corrected chi connectivity index (χ2v) is 6.31. The molecule has 0 aliphatic carbocycles. The van der Waals surface area contributed by atoms with Crippen LogP contribution in [-0.4, -0.2) is 61.0 Å². The van der Waals surface area contributed by atoms with E-state index in [9.17, 15) is 14.7 Å². The second-order valence-electron chi connectivity index (χ2n) is 6.31. The molecule has 1 amide bonds. The van der Waals surface area contributed by atoms with Crippen molar-refractivity contribution < 1.29 is 33.7 Å². The average Bonchev–Trinajstić information content (AvgIpc) is 2.72. The summed E-state index contributed by atoms with van der Waals surface area (Å²) in [6.45, 7) is 5.88. The Labute approximate surface area is 169 Å². The molecular formula is C19H27N3O7. The highest BCUT2D eigenvalue weighted by Crippen LogP contribution is 2.41. The van der Waals surface area contributed by atoms with Gasteiger partial charge in [-0.15, -0.1) is 6.58 Å². The number of aromatic nitrogens is 1. The second kappa shape index (κ2) is 10.6. The molecule has 1 aromatic heterocycles. The number of pyridine rings is 1. The predicted octanol–water partition coefficient (Wildman–Crippen LogP) is 2.23. The van der Waals surface area contributed by atoms with E-state index in [4.69, 9.17) is 19.0 Å². The van der Waals surface area contributed by atoms with Crippen molar-refractivity contribution in [3.8, 4) is 11.8 Å². The Hall–Kier alpha value is -2.85. The molecule has 2 heterocycles. The first kappa shape index (κ1) is 22.4. The molecular weight excluding hydrogens is 382 g/mol. The third-order valence-corrected chi connectivity index (χ3v) is 4.41. The maximum absolute atomic E-state index is 12.8. The van der Waals surface area contributed by atoms with E-state index in [1.807, 2.05) is 6.92 Å². The Bertz CT molecular complexity index is 741. The van der Waals surface area contributed by atoms with E-state index in [1.54, 1.807) is 6.08 Å². The van der Waals surface area contributed by atoms with Crippen LogP contribution < -0.4 is 15.0 Å². The normalized spacial score (nSPS) is 18.0. The number of carbonyl (C=O) groups excluding carboxylic acids is 1. The van der Waals surface area contributed by atoms with Crippen molar-refractivity contribution >= 4 is 12.1 Å². The zero-order valence-corrected chi connectivity index (χ0v) is 16.8. The summed E-state index contributed by atoms with van der Waals surface area (Å²) in [7, 11) is 2.85. The number of rotatable bonds is 10. The molecule has 0 radical (unpaired) electrons. The first-order chi connectivity index (χ1) is 14.0. The van der Waals surface area contributed by atoms with Crippen molar-refractivity contribution in [1.82, 2.24) is 15.4 Å². The average molecular weight is 409 g/mol. The van der Waals surface area contributed by atoms with Crippen molar-refractivity contribution in [2.45, 2.75) is 31.8 Å². The van der Waals surface area contributed by atoms with Crippen molar-refractivity contribution in [1.29, 1.82) is 0 Å². The fraction of sp³-hybridized carbons (Fsp3) is 0.526. The number of nitrogens with zero attached hydrogens (tertiary/aromatic N) is 2. The van der Waals surface area contributed by atoms with Crippen LogP contribution in [0.5, 0.6) is 11.8 Å². The van der Waals surface area contributed by atoms with Crippen LogP contribution in [0, 0.1) is 0 Å². The number of nitrogens with one attached hydrogen (secondary N) is 1. The number of unbranched alkanes of at least 4 members (excludes halogenated alkanes) is 1. The van der Waals surface area contributed by atoms with Gasteiger partial charge in [-0.05, 0) is 6.42 Å². The minimum atomic E-state index is -1.27. The van der Waals surface area contributed by atoms with Crippen LogP contribution in [0.4, 0.5) is 4.79 Å². The minimum absolute atomic E-state index is 0.0720. The van der Waals surface area contributed by atoms with E-state index < -0.39 is 24.1 Å². The number of amides is 1. The van der Waals surface area contributed by atoms with Gasteiger partial charge >= 0.3 is 12.1 Å². The van der Waals surface area contributed by atoms with Gasteiger partial charge < -0.3 is 19.3 Å². The Morgan fingerprint density at radius 3 is 2.76 bits per heavy atom. The molecule has 29 heavy (non-hydrogen) atoms. The molecule has 1 aromatic rings. The fourth-order valence-corrected chi connectivity index (χ4v) is 3.07. The zero-order chi connectivity index (χ0) is 21.4. The van der Waals surface area contributed by atoms with Gasteiger partial charge in [-0.3, -0.25) is 9.74 Å². The van der Waals surface area contributed by atoms with Crippen LogP contribution in [0.1, 0.15) is 43.0 Å². The molecule has 2 N–H and O–H groups in total. The SMILES string of the molecule is C=CCONC1CN(C(=O)O)C(C(=O)OCCCC)c2cc(OC)nc(OC)c21. The lowest BCUT2D eigenvalue weighted by Gasteiger charge is -2.38. The Kier molecular flexibility index (Phi) is 8.22. The molecule has 2 unspecified atom stereocenters. The highest BCUT2D eigenvalue weighted by molar-refractivity contribution is 5.84. The van der Waals surface area contributed by atoms with Gasteiger partial charge in [0, 0.05) is 23.7 Å². The summed E-state index contributed by atoms with van der Waals surface area (Å²) in [5, 5.41) is 9.75. The van der Waals surface area contributed by atoms with E-state index >= 15 is 0 Å². The van der Waals surface area contributed by atoms with Crippen LogP contribution in [0.15, 0.2) is 18.7 Å². The number of carboxylic acid groups (broad SMARTS) is 1. The molecule has 0 saturated heterocycles. The van der Waals surface area contributed by atoms with E-state index in [0.29, 0.717) is 17.5 Å². The monoisotopic (exact) mass is 409 g/mol. The highest BCUT2D eigenvalue weighted by atomic mass is 16.6. The number of fused-ring (bicyclic) bond motifs is 1. The first-order valence-corrected chi connectivity index (χ1v) is 9.25. The topological polar surface area (TPSA) is 119 Å². The number of hydrogen-bond acceptors (Lipinski definition) is 8. The van der Waals surface area contributed by atoms with Crippen LogP contribution >= 0.6 is 0 Å². The summed E-state index contributed by atoms with van der Waals surface area (Å²) < 4.78 is 15.9. The molecule has 10 heteroatoms. The largest absolute Gasteiger partial charge is 0.481 e. The summed E-state index contributed by atoms with van der Waals surface area (Å²) in [6.07, 6.45) is 1.80. The summed E-state index contributed by atoms with van der Waals surface area (Å²) >= 11 is 0. The first-order valence-electron chi connectivity index (χ1n) is 9.25. The highest BCUT2D eigenvalue weighted by Gasteiger charge is 2.43. The van der Waals surface area contributed by atoms with Gasteiger partial charge in [0.2, 0.25) is 11.8 Å². The molecule has 0 spiro atoms. The smallest absolute Gasteiger partial charge is 0.408 e. The van der Waals surface area contributed by atoms with E-state index in [2.05, 4.69) is 17.0 Å². The fourth-order valence-electron chi connectivity index (χ4n) is 3.07. The summed E-state index contributed by atoms with van der Waals surface area (Å²) in [4.78, 5) is 35.4. The molecule has 2 rings (SSSR count). The predicted molar refractivity (Wildman–Crippen MR) is 103 cm³/mol. The molecule has 0 aromatic carbocycles. The number of hydroxylamine groups is 1. The molecule has 1 aliphatic rings. The summed E-state index contributed by atoms with van der Waals surface area (Å²) in [6, 6.07) is -0.294. The van der Waals surface area contributed by atoms with E-state index in [0.717, 1.165) is 11.3 Å². The molecule has 0 fully saturated rings. The Morgan fingerprint density at radius 2 is 2.17 bits per heavy atom. The number of carbonyl (C=O) groups is 2. The van der Waals surface area contributed by atoms with Gasteiger partial charge in [0.15, 0.2) is 6.04 Å². The van der Waals surface area contributed by atoms with Crippen LogP contribution in [0.25, 0.3) is 0 Å². The van der Waals surface area contributed by atoms with Gasteiger partial charge in [0.1, 0.15) is 0 Å². The van der Waals surface area contributed by atoms with Crippen molar-refractivity contribution in [3.63, 3.8) is 0 Å². The van der Waals surface area contributed by atoms with Gasteiger partial charge in [-0.2, -0.15) is 10.5 Å². The number of esters is 1. The standard InChI is InChI=1S/C19H27N3O7/c1-5-7-9-28-18(23)16-12-10-14(26-3)20-17(27-4)15(12)13(21-29-8-6-2)11-22(16)19(24)25/h6,10,13,16,21H,2,5,7-9,11H2,1,3-4H3,(H,24,25). The summed E-state index contributed by atoms with van der Waals surface area (Å²) in [5.41, 5.74) is 3.67. The molecule has 0 saturated carbocycles. The quantitative estimate of drug-likeness (QED) is 0.259. The minimum Gasteiger partial charge on any atom is -0.481 e. The van der Waals surface area contributed by atoms with Gasteiger partial charge in [-0.1, -0.05) is 19.4 Å². The van der Waals surface area contributed by atoms with Crippen molar-refractivity contribution in [2.24, 2.45) is 0 Å². The third kappa shape index (κ3) is 5.15. The molecule has 10 nitrogen and oxygen atoms in total. The summed E-state index contributed by atoms with van der Waals surface area (Å²) in [5.74, 6) is -0.275. The lowest BCUT2D eigenvalue weighted by Crippen LogP contribution is -2.48. The van der Waals surface area contributed by atoms with Crippen LogP contribution in [0.2, 0.25) is 0 Å². The Balaban J connectivity index is 2.54. The van der Waals surface area contributed by atoms with Crippen LogP contribution in [0.3, 0.4) is 0 Å². The Morgan fingerprint density at radius 1 is 1.41 bits per heavy atom. The van der Waals surface area contributed by atoms with Crippen molar-refractivity contribution in [2.75, 3.05) is 34.0 Å². The number of ether oxygens (including phenoxy) is 3. The van der Waals surface area contributed by atoms with Gasteiger partial charge in [-0.25, -0.2) is 9.59 Å². The molecule has 1 aliphatic heterocycles. The van der Waals surface area contributed by atoms with Crippen LogP contribution in [-0.2, 0) is 14.4 Å². The molecule has 0 bridgehead atoms. The molecule has 2 atom stereocenters. The van der Waals surface area contributed by atoms with Crippen molar-refractivity contribution in [3.05, 3.63) is 29.8 Å². The third-order valence-electron chi connectivity index (χ3n) is 4.41. The lowest BCUT2D eigenvalue weighted by atomic mass is 9.90. The lowest BCUT2D eigenvalue weighted by molar-refractivity contribution is -0.150. The zero-order valence-electron chi connectivity index (χ0n) is 16.8. The number of methoxy groups -OCH3 is 2. The maximum Gasteiger partial charge on any atom is 0.408 e. The van der Waals surface area contributed by atoms with E-state index in [1.165, 1.54) is 20.3 Å². The maximum atomic E-state index is 12.8. The van der Waals surface area contributed by atoms with E-state index in [-0.39, 0.29) is 31.5 Å². The van der Waals surface area contributed by atoms with Gasteiger partial charge in [0.25, 0.3) is 0 Å². The number of hydrogen-bond donors (Lipinski definition) is 2. The molecule has 160 valence electrons. The van der Waals surface area contributed by atoms with Gasteiger partial charge in [0.05, 0.1) is 33.5 Å².